The Labute approximate surface area is 130 Å². The summed E-state index contributed by atoms with van der Waals surface area (Å²) in [5.74, 6) is 0.863. The summed E-state index contributed by atoms with van der Waals surface area (Å²) in [6, 6.07) is 14.1. The number of pyridine rings is 1. The van der Waals surface area contributed by atoms with Crippen molar-refractivity contribution in [2.24, 2.45) is 0 Å². The Morgan fingerprint density at radius 2 is 2.00 bits per heavy atom. The lowest BCUT2D eigenvalue weighted by atomic mass is 10.2. The highest BCUT2D eigenvalue weighted by molar-refractivity contribution is 5.89. The van der Waals surface area contributed by atoms with E-state index in [2.05, 4.69) is 39.6 Å². The number of carbonyl (C=O) groups excluding carboxylic acids is 1. The molecule has 1 aliphatic rings. The Morgan fingerprint density at radius 1 is 1.23 bits per heavy atom. The second-order valence-corrected chi connectivity index (χ2v) is 5.36. The zero-order valence-electron chi connectivity index (χ0n) is 12.6. The first-order chi connectivity index (χ1) is 10.8. The van der Waals surface area contributed by atoms with Gasteiger partial charge >= 0.3 is 6.03 Å². The van der Waals surface area contributed by atoms with Crippen LogP contribution in [0.15, 0.2) is 48.7 Å². The molecule has 2 amide bonds. The number of aromatic nitrogens is 1. The number of nitrogens with one attached hydrogen (secondary N) is 2. The lowest BCUT2D eigenvalue weighted by molar-refractivity contribution is 0.251. The van der Waals surface area contributed by atoms with Gasteiger partial charge in [0.15, 0.2) is 0 Å². The molecule has 1 aliphatic carbocycles. The Kier molecular flexibility index (Phi) is 4.23. The van der Waals surface area contributed by atoms with Gasteiger partial charge in [0, 0.05) is 18.3 Å². The third-order valence-electron chi connectivity index (χ3n) is 3.58. The molecular weight excluding hydrogens is 276 g/mol. The highest BCUT2D eigenvalue weighted by Gasteiger charge is 2.23. The van der Waals surface area contributed by atoms with Crippen molar-refractivity contribution in [3.63, 3.8) is 0 Å². The fourth-order valence-corrected chi connectivity index (χ4v) is 2.28. The average Bonchev–Trinajstić information content (AvgIpc) is 3.34. The van der Waals surface area contributed by atoms with Crippen LogP contribution in [0.4, 0.5) is 22.0 Å². The maximum absolute atomic E-state index is 11.7. The van der Waals surface area contributed by atoms with Crippen molar-refractivity contribution in [3.05, 3.63) is 48.7 Å². The van der Waals surface area contributed by atoms with Gasteiger partial charge in [-0.05, 0) is 44.0 Å². The summed E-state index contributed by atoms with van der Waals surface area (Å²) in [7, 11) is 0. The number of urea groups is 1. The molecule has 1 fully saturated rings. The number of hydrogen-bond donors (Lipinski definition) is 2. The number of nitrogens with zero attached hydrogens (tertiary/aromatic N) is 2. The molecule has 1 aromatic carbocycles. The van der Waals surface area contributed by atoms with Crippen molar-refractivity contribution >= 4 is 23.2 Å². The molecule has 0 saturated heterocycles. The van der Waals surface area contributed by atoms with Gasteiger partial charge in [0.05, 0.1) is 11.9 Å². The summed E-state index contributed by atoms with van der Waals surface area (Å²) in [5, 5.41) is 5.69. The number of benzene rings is 1. The summed E-state index contributed by atoms with van der Waals surface area (Å²) in [5.41, 5.74) is 1.80. The second kappa shape index (κ2) is 6.47. The van der Waals surface area contributed by atoms with Crippen molar-refractivity contribution in [2.45, 2.75) is 25.8 Å². The molecule has 0 atom stereocenters. The normalized spacial score (nSPS) is 13.5. The Morgan fingerprint density at radius 3 is 2.59 bits per heavy atom. The molecule has 3 rings (SSSR count). The molecule has 5 heteroatoms. The van der Waals surface area contributed by atoms with Crippen LogP contribution in [0.1, 0.15) is 19.8 Å². The topological polar surface area (TPSA) is 57.3 Å². The van der Waals surface area contributed by atoms with Gasteiger partial charge in [0.25, 0.3) is 0 Å². The molecule has 2 aromatic rings. The fraction of sp³-hybridized carbons (Fsp3) is 0.294. The average molecular weight is 296 g/mol. The third-order valence-corrected chi connectivity index (χ3v) is 3.58. The fourth-order valence-electron chi connectivity index (χ4n) is 2.28. The highest BCUT2D eigenvalue weighted by Crippen LogP contribution is 2.24. The molecule has 5 nitrogen and oxygen atoms in total. The Hall–Kier alpha value is -2.56. The summed E-state index contributed by atoms with van der Waals surface area (Å²) < 4.78 is 0. The third kappa shape index (κ3) is 3.55. The molecule has 0 bridgehead atoms. The molecule has 1 heterocycles. The van der Waals surface area contributed by atoms with Crippen molar-refractivity contribution in [2.75, 3.05) is 16.8 Å². The minimum absolute atomic E-state index is 0.160. The van der Waals surface area contributed by atoms with Gasteiger partial charge in [0.1, 0.15) is 5.82 Å². The maximum Gasteiger partial charge on any atom is 0.319 e. The van der Waals surface area contributed by atoms with E-state index in [0.29, 0.717) is 11.7 Å². The molecule has 0 unspecified atom stereocenters. The van der Waals surface area contributed by atoms with Crippen LogP contribution < -0.4 is 15.5 Å². The van der Waals surface area contributed by atoms with Gasteiger partial charge in [-0.25, -0.2) is 9.78 Å². The molecule has 2 N–H and O–H groups in total. The summed E-state index contributed by atoms with van der Waals surface area (Å²) in [4.78, 5) is 18.3. The van der Waals surface area contributed by atoms with Crippen molar-refractivity contribution < 1.29 is 4.79 Å². The van der Waals surface area contributed by atoms with E-state index in [1.165, 1.54) is 0 Å². The first-order valence-electron chi connectivity index (χ1n) is 7.62. The van der Waals surface area contributed by atoms with Crippen LogP contribution in [0.5, 0.6) is 0 Å². The molecule has 0 spiro atoms. The predicted molar refractivity (Wildman–Crippen MR) is 88.5 cm³/mol. The summed E-state index contributed by atoms with van der Waals surface area (Å²) in [6.45, 7) is 2.91. The predicted octanol–water partition coefficient (Wildman–Crippen LogP) is 3.52. The number of amides is 2. The van der Waals surface area contributed by atoms with Crippen LogP contribution in [0.2, 0.25) is 0 Å². The van der Waals surface area contributed by atoms with E-state index in [1.807, 2.05) is 30.3 Å². The smallest absolute Gasteiger partial charge is 0.319 e. The number of rotatable bonds is 5. The van der Waals surface area contributed by atoms with Gasteiger partial charge in [-0.15, -0.1) is 0 Å². The van der Waals surface area contributed by atoms with Gasteiger partial charge < -0.3 is 15.5 Å². The van der Waals surface area contributed by atoms with Crippen molar-refractivity contribution in [3.8, 4) is 0 Å². The van der Waals surface area contributed by atoms with Crippen molar-refractivity contribution in [1.29, 1.82) is 0 Å². The molecule has 1 aromatic heterocycles. The van der Waals surface area contributed by atoms with Crippen LogP contribution in [-0.4, -0.2) is 23.6 Å². The standard InChI is InChI=1S/C17H20N4O/c1-2-21(15-6-4-3-5-7-15)16-11-10-14(12-18-16)20-17(22)19-13-8-9-13/h3-7,10-13H,2,8-9H2,1H3,(H2,19,20,22). The molecular formula is C17H20N4O. The van der Waals surface area contributed by atoms with Gasteiger partial charge in [-0.1, -0.05) is 18.2 Å². The molecule has 1 saturated carbocycles. The van der Waals surface area contributed by atoms with Gasteiger partial charge in [0.2, 0.25) is 0 Å². The van der Waals surface area contributed by atoms with E-state index in [4.69, 9.17) is 0 Å². The van der Waals surface area contributed by atoms with E-state index < -0.39 is 0 Å². The molecule has 114 valence electrons. The van der Waals surface area contributed by atoms with Crippen molar-refractivity contribution in [1.82, 2.24) is 10.3 Å². The SMILES string of the molecule is CCN(c1ccccc1)c1ccc(NC(=O)NC2CC2)cn1. The zero-order valence-corrected chi connectivity index (χ0v) is 12.6. The van der Waals surface area contributed by atoms with Gasteiger partial charge in [-0.3, -0.25) is 0 Å². The summed E-state index contributed by atoms with van der Waals surface area (Å²) >= 11 is 0. The summed E-state index contributed by atoms with van der Waals surface area (Å²) in [6.07, 6.45) is 3.84. The van der Waals surface area contributed by atoms with E-state index in [-0.39, 0.29) is 6.03 Å². The Balaban J connectivity index is 1.68. The lowest BCUT2D eigenvalue weighted by Gasteiger charge is -2.22. The van der Waals surface area contributed by atoms with E-state index in [9.17, 15) is 4.79 Å². The zero-order chi connectivity index (χ0) is 15.4. The first-order valence-corrected chi connectivity index (χ1v) is 7.62. The minimum Gasteiger partial charge on any atom is -0.335 e. The lowest BCUT2D eigenvalue weighted by Crippen LogP contribution is -2.30. The molecule has 0 radical (unpaired) electrons. The Bertz CT molecular complexity index is 623. The molecule has 0 aliphatic heterocycles. The minimum atomic E-state index is -0.160. The van der Waals surface area contributed by atoms with Crippen LogP contribution in [0.25, 0.3) is 0 Å². The van der Waals surface area contributed by atoms with E-state index >= 15 is 0 Å². The maximum atomic E-state index is 11.7. The van der Waals surface area contributed by atoms with Gasteiger partial charge in [-0.2, -0.15) is 0 Å². The molecule has 22 heavy (non-hydrogen) atoms. The van der Waals surface area contributed by atoms with Crippen LogP contribution in [-0.2, 0) is 0 Å². The van der Waals surface area contributed by atoms with Crippen LogP contribution in [0, 0.1) is 0 Å². The van der Waals surface area contributed by atoms with Crippen LogP contribution >= 0.6 is 0 Å². The number of carbonyl (C=O) groups is 1. The number of anilines is 3. The van der Waals surface area contributed by atoms with E-state index in [1.54, 1.807) is 6.20 Å². The number of hydrogen-bond acceptors (Lipinski definition) is 3. The number of para-hydroxylation sites is 1. The quantitative estimate of drug-likeness (QED) is 0.887. The highest BCUT2D eigenvalue weighted by atomic mass is 16.2. The largest absolute Gasteiger partial charge is 0.335 e. The first kappa shape index (κ1) is 14.4. The van der Waals surface area contributed by atoms with Crippen LogP contribution in [0.3, 0.4) is 0 Å². The van der Waals surface area contributed by atoms with E-state index in [0.717, 1.165) is 30.9 Å². The second-order valence-electron chi connectivity index (χ2n) is 5.36. The monoisotopic (exact) mass is 296 g/mol.